The van der Waals surface area contributed by atoms with Gasteiger partial charge >= 0.3 is 0 Å². The van der Waals surface area contributed by atoms with Gasteiger partial charge in [-0.25, -0.2) is 4.98 Å². The number of nitrogens with one attached hydrogen (secondary N) is 1. The Morgan fingerprint density at radius 3 is 2.83 bits per heavy atom. The molecule has 1 aromatic heterocycles. The molecule has 0 aliphatic heterocycles. The number of benzene rings is 2. The van der Waals surface area contributed by atoms with Crippen LogP contribution >= 0.6 is 27.5 Å². The number of para-hydroxylation sites is 1. The van der Waals surface area contributed by atoms with Gasteiger partial charge < -0.3 is 9.73 Å². The molecule has 1 N–H and O–H groups in total. The van der Waals surface area contributed by atoms with Gasteiger partial charge in [-0.1, -0.05) is 51.8 Å². The molecule has 4 nitrogen and oxygen atoms in total. The molecule has 1 amide bonds. The van der Waals surface area contributed by atoms with Crippen molar-refractivity contribution < 1.29 is 9.21 Å². The fraction of sp³-hybridized carbons (Fsp3) is 0.111. The third kappa shape index (κ3) is 4.24. The largest absolute Gasteiger partial charge is 0.441 e. The Kier molecular flexibility index (Phi) is 5.33. The van der Waals surface area contributed by atoms with E-state index in [1.54, 1.807) is 18.3 Å². The smallest absolute Gasteiger partial charge is 0.224 e. The van der Waals surface area contributed by atoms with E-state index in [4.69, 9.17) is 16.0 Å². The number of anilines is 1. The number of nitrogens with zero attached hydrogens (tertiary/aromatic N) is 1. The predicted molar refractivity (Wildman–Crippen MR) is 98.0 cm³/mol. The second-order valence-electron chi connectivity index (χ2n) is 5.16. The molecular formula is C18H14BrClN2O2. The van der Waals surface area contributed by atoms with E-state index in [0.29, 0.717) is 28.8 Å². The lowest BCUT2D eigenvalue weighted by molar-refractivity contribution is -0.116. The van der Waals surface area contributed by atoms with E-state index in [1.165, 1.54) is 0 Å². The van der Waals surface area contributed by atoms with Crippen molar-refractivity contribution in [2.24, 2.45) is 0 Å². The van der Waals surface area contributed by atoms with Gasteiger partial charge in [0, 0.05) is 22.9 Å². The van der Waals surface area contributed by atoms with Crippen LogP contribution < -0.4 is 5.32 Å². The highest BCUT2D eigenvalue weighted by Gasteiger charge is 2.10. The summed E-state index contributed by atoms with van der Waals surface area (Å²) in [6.07, 6.45) is 2.36. The van der Waals surface area contributed by atoms with E-state index in [-0.39, 0.29) is 12.3 Å². The topological polar surface area (TPSA) is 55.1 Å². The number of aryl methyl sites for hydroxylation is 1. The van der Waals surface area contributed by atoms with Gasteiger partial charge in [0.05, 0.1) is 16.9 Å². The monoisotopic (exact) mass is 404 g/mol. The van der Waals surface area contributed by atoms with Crippen molar-refractivity contribution in [1.82, 2.24) is 4.98 Å². The molecule has 0 spiro atoms. The Morgan fingerprint density at radius 2 is 2.04 bits per heavy atom. The van der Waals surface area contributed by atoms with Gasteiger partial charge in [0.2, 0.25) is 5.91 Å². The number of halogens is 2. The SMILES string of the molecule is O=C(CCc1ncc(-c2cccc(Br)c2)o1)Nc1ccccc1Cl. The standard InChI is InChI=1S/C18H14BrClN2O2/c19-13-5-3-4-12(10-13)16-11-21-18(24-16)9-8-17(23)22-15-7-2-1-6-14(15)20/h1-7,10-11H,8-9H2,(H,22,23). The van der Waals surface area contributed by atoms with Crippen LogP contribution in [0.2, 0.25) is 5.02 Å². The van der Waals surface area contributed by atoms with Crippen molar-refractivity contribution in [3.63, 3.8) is 0 Å². The van der Waals surface area contributed by atoms with E-state index in [0.717, 1.165) is 10.0 Å². The molecule has 0 aliphatic rings. The van der Waals surface area contributed by atoms with Gasteiger partial charge in [-0.15, -0.1) is 0 Å². The number of hydrogen-bond donors (Lipinski definition) is 1. The average Bonchev–Trinajstić information content (AvgIpc) is 3.04. The zero-order valence-corrected chi connectivity index (χ0v) is 15.0. The molecule has 0 bridgehead atoms. The van der Waals surface area contributed by atoms with Crippen molar-refractivity contribution in [2.45, 2.75) is 12.8 Å². The van der Waals surface area contributed by atoms with Crippen LogP contribution in [0.15, 0.2) is 63.6 Å². The Balaban J connectivity index is 1.59. The second-order valence-corrected chi connectivity index (χ2v) is 6.48. The molecule has 0 aliphatic carbocycles. The third-order valence-corrected chi connectivity index (χ3v) is 4.20. The van der Waals surface area contributed by atoms with Crippen molar-refractivity contribution in [2.75, 3.05) is 5.32 Å². The highest BCUT2D eigenvalue weighted by atomic mass is 79.9. The van der Waals surface area contributed by atoms with Gasteiger partial charge in [0.25, 0.3) is 0 Å². The van der Waals surface area contributed by atoms with Crippen LogP contribution in [0.3, 0.4) is 0 Å². The minimum Gasteiger partial charge on any atom is -0.441 e. The molecule has 2 aromatic carbocycles. The molecule has 0 radical (unpaired) electrons. The van der Waals surface area contributed by atoms with E-state index < -0.39 is 0 Å². The molecule has 6 heteroatoms. The van der Waals surface area contributed by atoms with Crippen LogP contribution in [0.25, 0.3) is 11.3 Å². The Bertz CT molecular complexity index is 863. The molecule has 0 saturated heterocycles. The van der Waals surface area contributed by atoms with E-state index in [2.05, 4.69) is 26.2 Å². The zero-order valence-electron chi connectivity index (χ0n) is 12.6. The number of oxazole rings is 1. The predicted octanol–water partition coefficient (Wildman–Crippen LogP) is 5.33. The van der Waals surface area contributed by atoms with E-state index in [1.807, 2.05) is 36.4 Å². The molecule has 1 heterocycles. The van der Waals surface area contributed by atoms with Crippen molar-refractivity contribution in [1.29, 1.82) is 0 Å². The summed E-state index contributed by atoms with van der Waals surface area (Å²) in [6, 6.07) is 14.9. The molecule has 0 unspecified atom stereocenters. The van der Waals surface area contributed by atoms with Gasteiger partial charge in [0.1, 0.15) is 0 Å². The highest BCUT2D eigenvalue weighted by molar-refractivity contribution is 9.10. The molecule has 122 valence electrons. The van der Waals surface area contributed by atoms with Crippen LogP contribution in [-0.4, -0.2) is 10.9 Å². The summed E-state index contributed by atoms with van der Waals surface area (Å²) in [5.41, 5.74) is 1.54. The Labute approximate surface area is 153 Å². The maximum atomic E-state index is 12.0. The minimum atomic E-state index is -0.134. The average molecular weight is 406 g/mol. The van der Waals surface area contributed by atoms with Gasteiger partial charge in [-0.05, 0) is 24.3 Å². The molecule has 0 saturated carbocycles. The van der Waals surface area contributed by atoms with Crippen LogP contribution in [0, 0.1) is 0 Å². The summed E-state index contributed by atoms with van der Waals surface area (Å²) < 4.78 is 6.68. The molecule has 0 atom stereocenters. The first kappa shape index (κ1) is 16.7. The minimum absolute atomic E-state index is 0.134. The van der Waals surface area contributed by atoms with Crippen molar-refractivity contribution >= 4 is 39.1 Å². The number of aromatic nitrogens is 1. The summed E-state index contributed by atoms with van der Waals surface area (Å²) in [6.45, 7) is 0. The second kappa shape index (κ2) is 7.64. The van der Waals surface area contributed by atoms with Crippen LogP contribution in [0.5, 0.6) is 0 Å². The Hall–Kier alpha value is -2.11. The van der Waals surface area contributed by atoms with Gasteiger partial charge in [-0.3, -0.25) is 4.79 Å². The summed E-state index contributed by atoms with van der Waals surface area (Å²) in [7, 11) is 0. The van der Waals surface area contributed by atoms with Crippen LogP contribution in [-0.2, 0) is 11.2 Å². The van der Waals surface area contributed by atoms with Gasteiger partial charge in [-0.2, -0.15) is 0 Å². The normalized spacial score (nSPS) is 10.6. The fourth-order valence-electron chi connectivity index (χ4n) is 2.20. The quantitative estimate of drug-likeness (QED) is 0.624. The summed E-state index contributed by atoms with van der Waals surface area (Å²) in [4.78, 5) is 16.2. The summed E-state index contributed by atoms with van der Waals surface area (Å²) in [5, 5.41) is 3.29. The fourth-order valence-corrected chi connectivity index (χ4v) is 2.78. The number of amides is 1. The van der Waals surface area contributed by atoms with Crippen LogP contribution in [0.1, 0.15) is 12.3 Å². The Morgan fingerprint density at radius 1 is 1.21 bits per heavy atom. The van der Waals surface area contributed by atoms with Crippen molar-refractivity contribution in [3.8, 4) is 11.3 Å². The maximum Gasteiger partial charge on any atom is 0.224 e. The number of rotatable bonds is 5. The lowest BCUT2D eigenvalue weighted by Crippen LogP contribution is -2.12. The van der Waals surface area contributed by atoms with Crippen molar-refractivity contribution in [3.05, 3.63) is 70.1 Å². The number of hydrogen-bond acceptors (Lipinski definition) is 3. The number of carbonyl (C=O) groups excluding carboxylic acids is 1. The molecule has 0 fully saturated rings. The van der Waals surface area contributed by atoms with Gasteiger partial charge in [0.15, 0.2) is 11.7 Å². The van der Waals surface area contributed by atoms with Crippen LogP contribution in [0.4, 0.5) is 5.69 Å². The first-order valence-corrected chi connectivity index (χ1v) is 8.54. The lowest BCUT2D eigenvalue weighted by Gasteiger charge is -2.05. The summed E-state index contributed by atoms with van der Waals surface area (Å²) >= 11 is 9.45. The number of carbonyl (C=O) groups is 1. The molecule has 24 heavy (non-hydrogen) atoms. The first-order chi connectivity index (χ1) is 11.6. The van der Waals surface area contributed by atoms with E-state index >= 15 is 0 Å². The maximum absolute atomic E-state index is 12.0. The zero-order chi connectivity index (χ0) is 16.9. The molecule has 3 rings (SSSR count). The van der Waals surface area contributed by atoms with E-state index in [9.17, 15) is 4.79 Å². The highest BCUT2D eigenvalue weighted by Crippen LogP contribution is 2.24. The summed E-state index contributed by atoms with van der Waals surface area (Å²) in [5.74, 6) is 1.07. The molecule has 3 aromatic rings. The first-order valence-electron chi connectivity index (χ1n) is 7.37. The molecular weight excluding hydrogens is 392 g/mol. The lowest BCUT2D eigenvalue weighted by atomic mass is 10.2. The third-order valence-electron chi connectivity index (χ3n) is 3.38.